The number of thiol groups is 1. The number of hydrogen-bond donors (Lipinski definition) is 1. The Labute approximate surface area is 102 Å². The third kappa shape index (κ3) is 4.96. The van der Waals surface area contributed by atoms with E-state index in [2.05, 4.69) is 44.7 Å². The molecule has 0 aliphatic rings. The number of hydrogen-bond acceptors (Lipinski definition) is 3. The van der Waals surface area contributed by atoms with Gasteiger partial charge in [0.2, 0.25) is 0 Å². The van der Waals surface area contributed by atoms with E-state index in [0.717, 1.165) is 24.7 Å². The summed E-state index contributed by atoms with van der Waals surface area (Å²) in [5, 5.41) is 0. The lowest BCUT2D eigenvalue weighted by molar-refractivity contribution is 0.167. The minimum absolute atomic E-state index is 0.746. The molecule has 0 aliphatic carbocycles. The van der Waals surface area contributed by atoms with Crippen LogP contribution in [0.4, 0.5) is 0 Å². The van der Waals surface area contributed by atoms with Gasteiger partial charge >= 0.3 is 0 Å². The molecule has 84 valence electrons. The second-order valence-corrected chi connectivity index (χ2v) is 5.04. The maximum absolute atomic E-state index is 5.38. The maximum atomic E-state index is 5.38. The zero-order chi connectivity index (χ0) is 11.1. The molecule has 0 aromatic heterocycles. The van der Waals surface area contributed by atoms with Gasteiger partial charge in [0.25, 0.3) is 0 Å². The molecule has 0 bridgehead atoms. The first-order chi connectivity index (χ1) is 7.24. The van der Waals surface area contributed by atoms with E-state index in [-0.39, 0.29) is 0 Å². The van der Waals surface area contributed by atoms with Gasteiger partial charge in [-0.05, 0) is 25.5 Å². The van der Waals surface area contributed by atoms with Gasteiger partial charge in [0.05, 0.1) is 13.2 Å². The van der Waals surface area contributed by atoms with Crippen molar-refractivity contribution in [2.45, 2.75) is 18.7 Å². The molecule has 0 amide bonds. The monoisotopic (exact) mass is 242 g/mol. The predicted molar refractivity (Wildman–Crippen MR) is 71.3 cm³/mol. The fourth-order valence-electron chi connectivity index (χ4n) is 1.24. The summed E-state index contributed by atoms with van der Waals surface area (Å²) in [6, 6.07) is 6.56. The van der Waals surface area contributed by atoms with Crippen LogP contribution in [0.25, 0.3) is 0 Å². The van der Waals surface area contributed by atoms with Crippen LogP contribution >= 0.6 is 24.4 Å². The largest absolute Gasteiger partial charge is 0.380 e. The third-order valence-corrected chi connectivity index (χ3v) is 3.37. The molecule has 15 heavy (non-hydrogen) atoms. The summed E-state index contributed by atoms with van der Waals surface area (Å²) in [5.41, 5.74) is 2.67. The van der Waals surface area contributed by atoms with E-state index in [4.69, 9.17) is 4.74 Å². The van der Waals surface area contributed by atoms with Crippen molar-refractivity contribution in [3.05, 3.63) is 29.3 Å². The molecule has 0 saturated heterocycles. The van der Waals surface area contributed by atoms with Gasteiger partial charge in [-0.15, -0.1) is 11.8 Å². The molecule has 0 N–H and O–H groups in total. The Hall–Kier alpha value is -0.120. The zero-order valence-electron chi connectivity index (χ0n) is 9.32. The van der Waals surface area contributed by atoms with E-state index >= 15 is 0 Å². The molecule has 0 radical (unpaired) electrons. The minimum atomic E-state index is 0.746. The topological polar surface area (TPSA) is 9.23 Å². The quantitative estimate of drug-likeness (QED) is 0.465. The van der Waals surface area contributed by atoms with Gasteiger partial charge in [-0.2, -0.15) is 12.6 Å². The van der Waals surface area contributed by atoms with Crippen LogP contribution in [0.1, 0.15) is 11.1 Å². The van der Waals surface area contributed by atoms with E-state index in [0.29, 0.717) is 0 Å². The third-order valence-electron chi connectivity index (χ3n) is 2.06. The average Bonchev–Trinajstić information content (AvgIpc) is 2.23. The summed E-state index contributed by atoms with van der Waals surface area (Å²) in [4.78, 5) is 1.37. The minimum Gasteiger partial charge on any atom is -0.380 e. The van der Waals surface area contributed by atoms with Crippen molar-refractivity contribution in [1.82, 2.24) is 0 Å². The molecule has 1 rings (SSSR count). The molecular formula is C12H18OS2. The van der Waals surface area contributed by atoms with E-state index in [1.165, 1.54) is 16.0 Å². The number of ether oxygens (including phenoxy) is 1. The molecule has 1 aromatic rings. The standard InChI is InChI=1S/C12H18OS2/c1-10-3-4-11(2)12(9-10)15-8-6-13-5-7-14/h3-4,9,14H,5-8H2,1-2H3. The van der Waals surface area contributed by atoms with Crippen molar-refractivity contribution in [2.75, 3.05) is 24.7 Å². The van der Waals surface area contributed by atoms with Crippen molar-refractivity contribution in [2.24, 2.45) is 0 Å². The fraction of sp³-hybridized carbons (Fsp3) is 0.500. The molecule has 3 heteroatoms. The second kappa shape index (κ2) is 7.20. The summed E-state index contributed by atoms with van der Waals surface area (Å²) >= 11 is 5.95. The number of benzene rings is 1. The average molecular weight is 242 g/mol. The molecule has 0 atom stereocenters. The van der Waals surface area contributed by atoms with Gasteiger partial charge < -0.3 is 4.74 Å². The Morgan fingerprint density at radius 2 is 2.07 bits per heavy atom. The first-order valence-electron chi connectivity index (χ1n) is 5.12. The molecule has 0 saturated carbocycles. The van der Waals surface area contributed by atoms with Crippen LogP contribution in [-0.4, -0.2) is 24.7 Å². The molecule has 0 fully saturated rings. The first-order valence-corrected chi connectivity index (χ1v) is 6.74. The number of thioether (sulfide) groups is 1. The van der Waals surface area contributed by atoms with Crippen molar-refractivity contribution in [3.8, 4) is 0 Å². The highest BCUT2D eigenvalue weighted by atomic mass is 32.2. The summed E-state index contributed by atoms with van der Waals surface area (Å²) in [7, 11) is 0. The summed E-state index contributed by atoms with van der Waals surface area (Å²) in [6.07, 6.45) is 0. The van der Waals surface area contributed by atoms with Crippen LogP contribution in [0.3, 0.4) is 0 Å². The Balaban J connectivity index is 2.33. The summed E-state index contributed by atoms with van der Waals surface area (Å²) in [6.45, 7) is 5.83. The van der Waals surface area contributed by atoms with Crippen molar-refractivity contribution in [3.63, 3.8) is 0 Å². The molecule has 1 aromatic carbocycles. The lowest BCUT2D eigenvalue weighted by Crippen LogP contribution is -2.00. The van der Waals surface area contributed by atoms with Crippen molar-refractivity contribution >= 4 is 24.4 Å². The van der Waals surface area contributed by atoms with Crippen molar-refractivity contribution < 1.29 is 4.74 Å². The Morgan fingerprint density at radius 1 is 1.27 bits per heavy atom. The molecule has 0 unspecified atom stereocenters. The zero-order valence-corrected chi connectivity index (χ0v) is 11.0. The highest BCUT2D eigenvalue weighted by molar-refractivity contribution is 7.99. The highest BCUT2D eigenvalue weighted by Gasteiger charge is 1.99. The van der Waals surface area contributed by atoms with Crippen LogP contribution in [0.2, 0.25) is 0 Å². The van der Waals surface area contributed by atoms with E-state index in [1.807, 2.05) is 11.8 Å². The fourth-order valence-corrected chi connectivity index (χ4v) is 2.36. The molecule has 0 heterocycles. The van der Waals surface area contributed by atoms with Crippen LogP contribution in [0.15, 0.2) is 23.1 Å². The van der Waals surface area contributed by atoms with Gasteiger partial charge in [-0.3, -0.25) is 0 Å². The SMILES string of the molecule is Cc1ccc(C)c(SCCOCCS)c1. The normalized spacial score (nSPS) is 10.6. The van der Waals surface area contributed by atoms with Crippen LogP contribution in [0, 0.1) is 13.8 Å². The first kappa shape index (κ1) is 12.9. The van der Waals surface area contributed by atoms with Gasteiger partial charge in [0, 0.05) is 16.4 Å². The molecule has 0 spiro atoms. The summed E-state index contributed by atoms with van der Waals surface area (Å²) < 4.78 is 5.38. The van der Waals surface area contributed by atoms with Gasteiger partial charge in [0.1, 0.15) is 0 Å². The van der Waals surface area contributed by atoms with Crippen molar-refractivity contribution in [1.29, 1.82) is 0 Å². The number of aryl methyl sites for hydroxylation is 2. The van der Waals surface area contributed by atoms with Crippen LogP contribution in [0.5, 0.6) is 0 Å². The predicted octanol–water partition coefficient (Wildman–Crippen LogP) is 3.34. The Morgan fingerprint density at radius 3 is 2.80 bits per heavy atom. The van der Waals surface area contributed by atoms with Crippen LogP contribution in [-0.2, 0) is 4.74 Å². The smallest absolute Gasteiger partial charge is 0.0560 e. The van der Waals surface area contributed by atoms with E-state index < -0.39 is 0 Å². The van der Waals surface area contributed by atoms with Gasteiger partial charge in [-0.1, -0.05) is 17.7 Å². The van der Waals surface area contributed by atoms with Gasteiger partial charge in [-0.25, -0.2) is 0 Å². The molecular weight excluding hydrogens is 224 g/mol. The second-order valence-electron chi connectivity index (χ2n) is 3.45. The summed E-state index contributed by atoms with van der Waals surface area (Å²) in [5.74, 6) is 1.81. The Bertz CT molecular complexity index is 300. The number of rotatable bonds is 6. The highest BCUT2D eigenvalue weighted by Crippen LogP contribution is 2.23. The molecule has 0 aliphatic heterocycles. The Kier molecular flexibility index (Phi) is 6.22. The van der Waals surface area contributed by atoms with Crippen LogP contribution < -0.4 is 0 Å². The maximum Gasteiger partial charge on any atom is 0.0560 e. The molecule has 1 nitrogen and oxygen atoms in total. The lowest BCUT2D eigenvalue weighted by atomic mass is 10.2. The lowest BCUT2D eigenvalue weighted by Gasteiger charge is -2.06. The van der Waals surface area contributed by atoms with Gasteiger partial charge in [0.15, 0.2) is 0 Å². The van der Waals surface area contributed by atoms with E-state index in [9.17, 15) is 0 Å². The van der Waals surface area contributed by atoms with E-state index in [1.54, 1.807) is 0 Å².